The molecule has 0 unspecified atom stereocenters. The Morgan fingerprint density at radius 2 is 1.72 bits per heavy atom. The Balaban J connectivity index is 1.04. The summed E-state index contributed by atoms with van der Waals surface area (Å²) in [7, 11) is 0. The molecule has 0 bridgehead atoms. The summed E-state index contributed by atoms with van der Waals surface area (Å²) in [5.41, 5.74) is 0.537. The average molecular weight is 635 g/mol. The summed E-state index contributed by atoms with van der Waals surface area (Å²) >= 11 is 0. The van der Waals surface area contributed by atoms with Crippen LogP contribution in [0.5, 0.6) is 11.6 Å². The van der Waals surface area contributed by atoms with E-state index in [1.54, 1.807) is 4.90 Å². The van der Waals surface area contributed by atoms with Gasteiger partial charge in [-0.3, -0.25) is 9.59 Å². The van der Waals surface area contributed by atoms with Gasteiger partial charge in [-0.15, -0.1) is 10.2 Å². The third-order valence-corrected chi connectivity index (χ3v) is 11.4. The molecule has 1 aromatic heterocycles. The molecule has 9 nitrogen and oxygen atoms in total. The molecule has 0 atom stereocenters. The van der Waals surface area contributed by atoms with Crippen LogP contribution >= 0.6 is 0 Å². The zero-order valence-corrected chi connectivity index (χ0v) is 28.5. The number of anilines is 1. The Kier molecular flexibility index (Phi) is 8.89. The lowest BCUT2D eigenvalue weighted by molar-refractivity contribution is -0.124. The normalized spacial score (nSPS) is 25.8. The Bertz CT molecular complexity index is 1430. The number of likely N-dealkylation sites (tertiary alicyclic amines) is 1. The molecule has 2 spiro atoms. The highest BCUT2D eigenvalue weighted by Crippen LogP contribution is 2.55. The molecule has 0 radical (unpaired) electrons. The van der Waals surface area contributed by atoms with E-state index in [-0.39, 0.29) is 51.4 Å². The Morgan fingerprint density at radius 1 is 1.04 bits per heavy atom. The van der Waals surface area contributed by atoms with Crippen LogP contribution in [0.25, 0.3) is 0 Å². The standard InChI is InChI=1S/C36H51FN6O3/c1-24(2)43(25(3)4)33(45)28-17-27(37)7-8-29(28)46-32-31(38-23-39-40-32)42-21-36(22-42)13-15-41(16-14-36)19-26-9-11-35(12-10-26)18-30(44)34(5,6)20-35/h7-8,17,23-26H,9-16,18-22H2,1-6H3. The van der Waals surface area contributed by atoms with Crippen molar-refractivity contribution < 1.29 is 18.7 Å². The first-order valence-electron chi connectivity index (χ1n) is 17.3. The zero-order valence-electron chi connectivity index (χ0n) is 28.5. The van der Waals surface area contributed by atoms with Gasteiger partial charge in [0.1, 0.15) is 23.7 Å². The molecule has 4 aliphatic rings. The van der Waals surface area contributed by atoms with Crippen LogP contribution in [-0.2, 0) is 4.79 Å². The van der Waals surface area contributed by atoms with Crippen LogP contribution in [0.3, 0.4) is 0 Å². The van der Waals surface area contributed by atoms with Crippen molar-refractivity contribution in [3.63, 3.8) is 0 Å². The Hall–Kier alpha value is -3.14. The van der Waals surface area contributed by atoms with Gasteiger partial charge >= 0.3 is 0 Å². The summed E-state index contributed by atoms with van der Waals surface area (Å²) in [6.45, 7) is 17.2. The first-order chi connectivity index (χ1) is 21.8. The molecular weight excluding hydrogens is 583 g/mol. The molecule has 2 saturated carbocycles. The van der Waals surface area contributed by atoms with Gasteiger partial charge in [0.25, 0.3) is 11.8 Å². The molecule has 2 aliphatic carbocycles. The number of piperidine rings is 1. The van der Waals surface area contributed by atoms with E-state index in [0.717, 1.165) is 57.8 Å². The largest absolute Gasteiger partial charge is 0.434 e. The number of hydrogen-bond donors (Lipinski definition) is 0. The number of amides is 1. The molecule has 46 heavy (non-hydrogen) atoms. The summed E-state index contributed by atoms with van der Waals surface area (Å²) < 4.78 is 20.5. The van der Waals surface area contributed by atoms with E-state index in [4.69, 9.17) is 4.74 Å². The minimum atomic E-state index is -0.501. The summed E-state index contributed by atoms with van der Waals surface area (Å²) in [5.74, 6) is 1.46. The van der Waals surface area contributed by atoms with E-state index in [9.17, 15) is 14.0 Å². The quantitative estimate of drug-likeness (QED) is 0.324. The van der Waals surface area contributed by atoms with Gasteiger partial charge in [-0.1, -0.05) is 13.8 Å². The molecule has 250 valence electrons. The molecule has 1 aromatic carbocycles. The van der Waals surface area contributed by atoms with Gasteiger partial charge in [0.15, 0.2) is 5.82 Å². The predicted octanol–water partition coefficient (Wildman–Crippen LogP) is 6.53. The van der Waals surface area contributed by atoms with Crippen molar-refractivity contribution in [2.45, 2.75) is 105 Å². The van der Waals surface area contributed by atoms with Crippen molar-refractivity contribution in [3.8, 4) is 11.6 Å². The fourth-order valence-corrected chi connectivity index (χ4v) is 8.92. The van der Waals surface area contributed by atoms with Crippen LogP contribution < -0.4 is 9.64 Å². The first kappa shape index (κ1) is 32.8. The van der Waals surface area contributed by atoms with Gasteiger partial charge in [-0.05, 0) is 115 Å². The highest BCUT2D eigenvalue weighted by atomic mass is 19.1. The van der Waals surface area contributed by atoms with Crippen molar-refractivity contribution in [2.24, 2.45) is 22.2 Å². The van der Waals surface area contributed by atoms with E-state index < -0.39 is 5.82 Å². The van der Waals surface area contributed by atoms with Crippen LogP contribution in [0.2, 0.25) is 0 Å². The van der Waals surface area contributed by atoms with Crippen LogP contribution in [-0.4, -0.2) is 81.5 Å². The number of benzene rings is 1. The van der Waals surface area contributed by atoms with Crippen LogP contribution in [0.1, 0.15) is 103 Å². The van der Waals surface area contributed by atoms with E-state index in [1.807, 2.05) is 27.7 Å². The Morgan fingerprint density at radius 3 is 2.33 bits per heavy atom. The maximum absolute atomic E-state index is 14.4. The molecule has 6 rings (SSSR count). The fraction of sp³-hybridized carbons (Fsp3) is 0.694. The molecule has 2 aromatic rings. The maximum atomic E-state index is 14.4. The highest BCUT2D eigenvalue weighted by molar-refractivity contribution is 5.97. The van der Waals surface area contributed by atoms with E-state index >= 15 is 0 Å². The molecule has 4 fully saturated rings. The number of hydrogen-bond acceptors (Lipinski definition) is 8. The van der Waals surface area contributed by atoms with Crippen molar-refractivity contribution in [2.75, 3.05) is 37.6 Å². The van der Waals surface area contributed by atoms with E-state index in [2.05, 4.69) is 38.8 Å². The smallest absolute Gasteiger partial charge is 0.282 e. The van der Waals surface area contributed by atoms with Crippen molar-refractivity contribution in [1.82, 2.24) is 25.0 Å². The number of ether oxygens (including phenoxy) is 1. The lowest BCUT2D eigenvalue weighted by Crippen LogP contribution is -2.61. The van der Waals surface area contributed by atoms with Gasteiger partial charge in [0, 0.05) is 49.0 Å². The lowest BCUT2D eigenvalue weighted by atomic mass is 9.67. The summed E-state index contributed by atoms with van der Waals surface area (Å²) in [6.07, 6.45) is 10.5. The fourth-order valence-electron chi connectivity index (χ4n) is 8.92. The third-order valence-electron chi connectivity index (χ3n) is 11.4. The molecule has 1 amide bonds. The van der Waals surface area contributed by atoms with Crippen LogP contribution in [0.4, 0.5) is 10.2 Å². The van der Waals surface area contributed by atoms with Crippen molar-refractivity contribution >= 4 is 17.5 Å². The van der Waals surface area contributed by atoms with Gasteiger partial charge in [-0.2, -0.15) is 0 Å². The number of nitrogens with zero attached hydrogens (tertiary/aromatic N) is 6. The maximum Gasteiger partial charge on any atom is 0.282 e. The molecule has 0 N–H and O–H groups in total. The summed E-state index contributed by atoms with van der Waals surface area (Å²) in [5, 5.41) is 8.21. The second kappa shape index (κ2) is 12.5. The molecule has 2 saturated heterocycles. The summed E-state index contributed by atoms with van der Waals surface area (Å²) in [4.78, 5) is 37.1. The van der Waals surface area contributed by atoms with Gasteiger partial charge in [-0.25, -0.2) is 9.37 Å². The minimum Gasteiger partial charge on any atom is -0.434 e. The second-order valence-corrected chi connectivity index (χ2v) is 16.0. The number of carbonyl (C=O) groups excluding carboxylic acids is 2. The molecular formula is C36H51FN6O3. The van der Waals surface area contributed by atoms with Crippen molar-refractivity contribution in [3.05, 3.63) is 35.9 Å². The lowest BCUT2D eigenvalue weighted by Gasteiger charge is -2.54. The molecule has 3 heterocycles. The Labute approximate surface area is 273 Å². The number of ketones is 1. The highest BCUT2D eigenvalue weighted by Gasteiger charge is 2.51. The predicted molar refractivity (Wildman–Crippen MR) is 175 cm³/mol. The number of halogens is 1. The second-order valence-electron chi connectivity index (χ2n) is 16.0. The monoisotopic (exact) mass is 634 g/mol. The van der Waals surface area contributed by atoms with E-state index in [1.165, 1.54) is 56.8 Å². The van der Waals surface area contributed by atoms with Gasteiger partial charge in [0.2, 0.25) is 0 Å². The SMILES string of the molecule is CC(C)N(C(=O)c1cc(F)ccc1Oc1nncnc1N1CC2(CCN(CC3CCC4(CC3)CC(=O)C(C)(C)C4)CC2)C1)C(C)C. The van der Waals surface area contributed by atoms with E-state index in [0.29, 0.717) is 11.6 Å². The van der Waals surface area contributed by atoms with Crippen LogP contribution in [0, 0.1) is 28.0 Å². The first-order valence-corrected chi connectivity index (χ1v) is 17.3. The zero-order chi connectivity index (χ0) is 32.9. The number of carbonyl (C=O) groups is 2. The molecule has 2 aliphatic heterocycles. The average Bonchev–Trinajstić information content (AvgIpc) is 3.21. The number of Topliss-reactive ketones (excluding diaryl/α,β-unsaturated/α-hetero) is 1. The third kappa shape index (κ3) is 6.51. The minimum absolute atomic E-state index is 0.0627. The number of aromatic nitrogens is 3. The number of rotatable bonds is 8. The summed E-state index contributed by atoms with van der Waals surface area (Å²) in [6, 6.07) is 3.87. The van der Waals surface area contributed by atoms with Crippen molar-refractivity contribution in [1.29, 1.82) is 0 Å². The molecule has 10 heteroatoms. The van der Waals surface area contributed by atoms with Crippen LogP contribution in [0.15, 0.2) is 24.5 Å². The topological polar surface area (TPSA) is 91.8 Å². The van der Waals surface area contributed by atoms with Gasteiger partial charge in [0.05, 0.1) is 5.56 Å². The van der Waals surface area contributed by atoms with Gasteiger partial charge < -0.3 is 19.4 Å².